The van der Waals surface area contributed by atoms with Crippen LogP contribution in [0.25, 0.3) is 0 Å². The molecule has 2 aromatic rings. The Morgan fingerprint density at radius 2 is 1.86 bits per heavy atom. The summed E-state index contributed by atoms with van der Waals surface area (Å²) in [5.74, 6) is -2.08. The summed E-state index contributed by atoms with van der Waals surface area (Å²) in [4.78, 5) is 23.2. The molecule has 0 fully saturated rings. The van der Waals surface area contributed by atoms with Crippen molar-refractivity contribution in [2.75, 3.05) is 16.8 Å². The number of hydrogen-bond acceptors (Lipinski definition) is 7. The number of hydrogen-bond donors (Lipinski definition) is 3. The Balaban J connectivity index is 2.07. The third-order valence-corrected chi connectivity index (χ3v) is 3.45. The predicted molar refractivity (Wildman–Crippen MR) is 79.0 cm³/mol. The fraction of sp³-hybridized carbons (Fsp3) is 0.167. The van der Waals surface area contributed by atoms with Gasteiger partial charge in [0.15, 0.2) is 5.16 Å². The summed E-state index contributed by atoms with van der Waals surface area (Å²) in [5.41, 5.74) is 10.6. The first-order chi connectivity index (χ1) is 10.3. The second-order valence-corrected chi connectivity index (χ2v) is 5.52. The van der Waals surface area contributed by atoms with Crippen LogP contribution in [0.15, 0.2) is 23.4 Å². The van der Waals surface area contributed by atoms with Crippen LogP contribution in [0.2, 0.25) is 0 Å². The number of benzene rings is 1. The molecular formula is C12H12F2N6OS. The van der Waals surface area contributed by atoms with E-state index in [0.29, 0.717) is 0 Å². The van der Waals surface area contributed by atoms with Crippen molar-refractivity contribution >= 4 is 35.3 Å². The SMILES string of the molecule is C[C@H](Sc1nc(N)nc(N)n1)C(=O)Nc1cc(F)ccc1F. The highest BCUT2D eigenvalue weighted by molar-refractivity contribution is 8.00. The molecule has 1 heterocycles. The first-order valence-electron chi connectivity index (χ1n) is 6.04. The molecule has 22 heavy (non-hydrogen) atoms. The minimum atomic E-state index is -0.736. The second kappa shape index (κ2) is 6.52. The first kappa shape index (κ1) is 15.9. The van der Waals surface area contributed by atoms with Crippen molar-refractivity contribution in [1.29, 1.82) is 0 Å². The van der Waals surface area contributed by atoms with E-state index >= 15 is 0 Å². The molecule has 1 aromatic heterocycles. The zero-order valence-electron chi connectivity index (χ0n) is 11.4. The van der Waals surface area contributed by atoms with Gasteiger partial charge in [-0.25, -0.2) is 8.78 Å². The zero-order chi connectivity index (χ0) is 16.3. The van der Waals surface area contributed by atoms with E-state index in [1.807, 2.05) is 0 Å². The van der Waals surface area contributed by atoms with Gasteiger partial charge < -0.3 is 16.8 Å². The maximum atomic E-state index is 13.5. The van der Waals surface area contributed by atoms with Crippen molar-refractivity contribution in [1.82, 2.24) is 15.0 Å². The Morgan fingerprint density at radius 1 is 1.23 bits per heavy atom. The fourth-order valence-corrected chi connectivity index (χ4v) is 2.25. The van der Waals surface area contributed by atoms with Crippen molar-refractivity contribution in [3.05, 3.63) is 29.8 Å². The number of rotatable bonds is 4. The average molecular weight is 326 g/mol. The molecular weight excluding hydrogens is 314 g/mol. The van der Waals surface area contributed by atoms with Crippen LogP contribution in [0.4, 0.5) is 26.4 Å². The molecule has 2 rings (SSSR count). The summed E-state index contributed by atoms with van der Waals surface area (Å²) in [6, 6.07) is 2.78. The number of aromatic nitrogens is 3. The fourth-order valence-electron chi connectivity index (χ4n) is 1.48. The van der Waals surface area contributed by atoms with Gasteiger partial charge in [-0.1, -0.05) is 11.8 Å². The van der Waals surface area contributed by atoms with Gasteiger partial charge in [0.25, 0.3) is 0 Å². The lowest BCUT2D eigenvalue weighted by atomic mass is 10.3. The van der Waals surface area contributed by atoms with E-state index in [1.165, 1.54) is 0 Å². The first-order valence-corrected chi connectivity index (χ1v) is 6.92. The molecule has 1 amide bonds. The Bertz CT molecular complexity index is 694. The van der Waals surface area contributed by atoms with E-state index in [-0.39, 0.29) is 22.7 Å². The predicted octanol–water partition coefficient (Wildman–Crippen LogP) is 1.43. The number of carbonyl (C=O) groups excluding carboxylic acids is 1. The standard InChI is InChI=1S/C12H12F2N6OS/c1-5(22-12-19-10(15)18-11(16)20-12)9(21)17-8-4-6(13)2-3-7(8)14/h2-5H,1H3,(H,17,21)(H4,15,16,18,19,20)/t5-/m0/s1. The van der Waals surface area contributed by atoms with Gasteiger partial charge in [0.1, 0.15) is 11.6 Å². The summed E-state index contributed by atoms with van der Waals surface area (Å²) in [7, 11) is 0. The topological polar surface area (TPSA) is 120 Å². The van der Waals surface area contributed by atoms with Crippen LogP contribution >= 0.6 is 11.8 Å². The molecule has 7 nitrogen and oxygen atoms in total. The molecule has 0 radical (unpaired) electrons. The van der Waals surface area contributed by atoms with Crippen LogP contribution in [0.1, 0.15) is 6.92 Å². The lowest BCUT2D eigenvalue weighted by Crippen LogP contribution is -2.23. The molecule has 1 atom stereocenters. The van der Waals surface area contributed by atoms with E-state index in [0.717, 1.165) is 30.0 Å². The summed E-state index contributed by atoms with van der Waals surface area (Å²) in [5, 5.41) is 1.76. The molecule has 0 spiro atoms. The quantitative estimate of drug-likeness (QED) is 0.727. The maximum Gasteiger partial charge on any atom is 0.237 e. The monoisotopic (exact) mass is 326 g/mol. The van der Waals surface area contributed by atoms with E-state index < -0.39 is 22.8 Å². The maximum absolute atomic E-state index is 13.5. The molecule has 0 bridgehead atoms. The van der Waals surface area contributed by atoms with Crippen molar-refractivity contribution in [3.63, 3.8) is 0 Å². The van der Waals surface area contributed by atoms with Gasteiger partial charge in [-0.05, 0) is 19.1 Å². The van der Waals surface area contributed by atoms with E-state index in [9.17, 15) is 13.6 Å². The van der Waals surface area contributed by atoms with Gasteiger partial charge in [0, 0.05) is 6.07 Å². The number of nitrogen functional groups attached to an aromatic ring is 2. The van der Waals surface area contributed by atoms with Gasteiger partial charge in [-0.3, -0.25) is 4.79 Å². The number of nitrogens with zero attached hydrogens (tertiary/aromatic N) is 3. The van der Waals surface area contributed by atoms with Gasteiger partial charge in [0.2, 0.25) is 17.8 Å². The van der Waals surface area contributed by atoms with E-state index in [4.69, 9.17) is 11.5 Å². The Hall–Kier alpha value is -2.49. The third kappa shape index (κ3) is 4.01. The molecule has 0 unspecified atom stereocenters. The van der Waals surface area contributed by atoms with Gasteiger partial charge in [-0.15, -0.1) is 0 Å². The summed E-state index contributed by atoms with van der Waals surface area (Å²) >= 11 is 0.959. The Morgan fingerprint density at radius 3 is 2.50 bits per heavy atom. The number of anilines is 3. The van der Waals surface area contributed by atoms with Crippen molar-refractivity contribution in [3.8, 4) is 0 Å². The molecule has 116 valence electrons. The summed E-state index contributed by atoms with van der Waals surface area (Å²) in [6.07, 6.45) is 0. The Kier molecular flexibility index (Phi) is 4.71. The molecule has 10 heteroatoms. The lowest BCUT2D eigenvalue weighted by Gasteiger charge is -2.12. The molecule has 5 N–H and O–H groups in total. The van der Waals surface area contributed by atoms with Gasteiger partial charge in [-0.2, -0.15) is 15.0 Å². The minimum Gasteiger partial charge on any atom is -0.368 e. The lowest BCUT2D eigenvalue weighted by molar-refractivity contribution is -0.115. The van der Waals surface area contributed by atoms with Crippen molar-refractivity contribution in [2.45, 2.75) is 17.3 Å². The van der Waals surface area contributed by atoms with Crippen LogP contribution < -0.4 is 16.8 Å². The van der Waals surface area contributed by atoms with E-state index in [1.54, 1.807) is 6.92 Å². The highest BCUT2D eigenvalue weighted by Gasteiger charge is 2.18. The highest BCUT2D eigenvalue weighted by atomic mass is 32.2. The van der Waals surface area contributed by atoms with Crippen LogP contribution in [0.3, 0.4) is 0 Å². The summed E-state index contributed by atoms with van der Waals surface area (Å²) in [6.45, 7) is 1.55. The minimum absolute atomic E-state index is 0.0706. The normalized spacial score (nSPS) is 12.0. The number of thioether (sulfide) groups is 1. The molecule has 0 saturated heterocycles. The van der Waals surface area contributed by atoms with Crippen LogP contribution in [0.5, 0.6) is 0 Å². The molecule has 0 aliphatic heterocycles. The third-order valence-electron chi connectivity index (χ3n) is 2.49. The molecule has 0 saturated carbocycles. The largest absolute Gasteiger partial charge is 0.368 e. The van der Waals surface area contributed by atoms with Crippen LogP contribution in [0, 0.1) is 11.6 Å². The van der Waals surface area contributed by atoms with Gasteiger partial charge in [0.05, 0.1) is 10.9 Å². The summed E-state index contributed by atoms with van der Waals surface area (Å²) < 4.78 is 26.5. The van der Waals surface area contributed by atoms with Crippen molar-refractivity contribution in [2.24, 2.45) is 0 Å². The van der Waals surface area contributed by atoms with Gasteiger partial charge >= 0.3 is 0 Å². The second-order valence-electron chi connectivity index (χ2n) is 4.21. The Labute approximate surface area is 128 Å². The highest BCUT2D eigenvalue weighted by Crippen LogP contribution is 2.22. The zero-order valence-corrected chi connectivity index (χ0v) is 12.2. The molecule has 0 aliphatic rings. The van der Waals surface area contributed by atoms with Crippen molar-refractivity contribution < 1.29 is 13.6 Å². The average Bonchev–Trinajstić information content (AvgIpc) is 2.41. The van der Waals surface area contributed by atoms with E-state index in [2.05, 4.69) is 20.3 Å². The number of nitrogens with one attached hydrogen (secondary N) is 1. The number of nitrogens with two attached hydrogens (primary N) is 2. The molecule has 1 aromatic carbocycles. The molecule has 0 aliphatic carbocycles. The van der Waals surface area contributed by atoms with Crippen LogP contribution in [-0.2, 0) is 4.79 Å². The number of carbonyl (C=O) groups is 1. The number of halogens is 2. The smallest absolute Gasteiger partial charge is 0.237 e. The van der Waals surface area contributed by atoms with Crippen LogP contribution in [-0.4, -0.2) is 26.1 Å². The number of amides is 1.